The minimum Gasteiger partial charge on any atom is -0.300 e. The van der Waals surface area contributed by atoms with Crippen LogP contribution in [0.15, 0.2) is 0 Å². The molecule has 13 heavy (non-hydrogen) atoms. The molecule has 0 spiro atoms. The number of nitrogens with one attached hydrogen (secondary N) is 2. The van der Waals surface area contributed by atoms with Crippen LogP contribution in [0.1, 0.15) is 20.8 Å². The molecule has 0 atom stereocenters. The lowest BCUT2D eigenvalue weighted by atomic mass is 9.96. The van der Waals surface area contributed by atoms with Crippen LogP contribution < -0.4 is 5.32 Å². The Morgan fingerprint density at radius 1 is 1.62 bits per heavy atom. The lowest BCUT2D eigenvalue weighted by molar-refractivity contribution is -0.123. The average Bonchev–Trinajstić information content (AvgIpc) is 2.33. The number of aromatic nitrogens is 2. The van der Waals surface area contributed by atoms with Gasteiger partial charge in [0.1, 0.15) is 0 Å². The Morgan fingerprint density at radius 2 is 2.23 bits per heavy atom. The highest BCUT2D eigenvalue weighted by Gasteiger charge is 2.21. The van der Waals surface area contributed by atoms with Gasteiger partial charge >= 0.3 is 0 Å². The second-order valence-corrected chi connectivity index (χ2v) is 5.29. The third-order valence-corrected chi connectivity index (χ3v) is 2.34. The first-order valence-electron chi connectivity index (χ1n) is 3.76. The average molecular weight is 217 g/mol. The highest BCUT2D eigenvalue weighted by Crippen LogP contribution is 2.18. The zero-order chi connectivity index (χ0) is 10.1. The molecule has 6 heteroatoms. The Morgan fingerprint density at radius 3 is 2.62 bits per heavy atom. The maximum Gasteiger partial charge on any atom is 0.231 e. The second-order valence-electron chi connectivity index (χ2n) is 3.62. The molecule has 0 aromatic carbocycles. The molecule has 0 aliphatic carbocycles. The maximum atomic E-state index is 11.5. The van der Waals surface area contributed by atoms with Crippen molar-refractivity contribution >= 4 is 34.6 Å². The minimum atomic E-state index is -0.409. The lowest BCUT2D eigenvalue weighted by Gasteiger charge is -2.15. The summed E-state index contributed by atoms with van der Waals surface area (Å²) >= 11 is 6.08. The van der Waals surface area contributed by atoms with Gasteiger partial charge in [0.15, 0.2) is 3.95 Å². The van der Waals surface area contributed by atoms with Crippen molar-refractivity contribution in [3.63, 3.8) is 0 Å². The molecule has 0 unspecified atom stereocenters. The molecule has 1 aromatic heterocycles. The number of hydrogen-bond donors (Lipinski definition) is 2. The Kier molecular flexibility index (Phi) is 2.82. The molecule has 2 N–H and O–H groups in total. The first-order chi connectivity index (χ1) is 5.89. The molecule has 4 nitrogen and oxygen atoms in total. The van der Waals surface area contributed by atoms with E-state index in [9.17, 15) is 4.79 Å². The van der Waals surface area contributed by atoms with Crippen molar-refractivity contribution in [3.05, 3.63) is 3.95 Å². The summed E-state index contributed by atoms with van der Waals surface area (Å²) in [4.78, 5) is 11.5. The molecule has 0 radical (unpaired) electrons. The van der Waals surface area contributed by atoms with Crippen molar-refractivity contribution < 1.29 is 4.79 Å². The van der Waals surface area contributed by atoms with Crippen molar-refractivity contribution in [1.29, 1.82) is 0 Å². The summed E-state index contributed by atoms with van der Waals surface area (Å²) in [5.41, 5.74) is -0.409. The Balaban J connectivity index is 2.71. The van der Waals surface area contributed by atoms with Gasteiger partial charge in [0, 0.05) is 5.41 Å². The van der Waals surface area contributed by atoms with Crippen LogP contribution in [0.4, 0.5) is 5.13 Å². The van der Waals surface area contributed by atoms with Gasteiger partial charge in [-0.05, 0) is 12.2 Å². The van der Waals surface area contributed by atoms with Crippen LogP contribution in [0, 0.1) is 9.37 Å². The van der Waals surface area contributed by atoms with E-state index in [2.05, 4.69) is 15.5 Å². The number of H-pyrrole nitrogens is 1. The van der Waals surface area contributed by atoms with Gasteiger partial charge in [-0.2, -0.15) is 0 Å². The van der Waals surface area contributed by atoms with Crippen LogP contribution in [0.5, 0.6) is 0 Å². The van der Waals surface area contributed by atoms with Gasteiger partial charge in [-0.15, -0.1) is 5.10 Å². The molecule has 0 aliphatic rings. The van der Waals surface area contributed by atoms with Crippen molar-refractivity contribution in [3.8, 4) is 0 Å². The number of nitrogens with zero attached hydrogens (tertiary/aromatic N) is 1. The maximum absolute atomic E-state index is 11.5. The summed E-state index contributed by atoms with van der Waals surface area (Å²) in [6, 6.07) is 0. The minimum absolute atomic E-state index is 0.0646. The molecule has 1 rings (SSSR count). The zero-order valence-electron chi connectivity index (χ0n) is 7.67. The lowest BCUT2D eigenvalue weighted by Crippen LogP contribution is -2.27. The zero-order valence-corrected chi connectivity index (χ0v) is 9.30. The van der Waals surface area contributed by atoms with E-state index in [0.29, 0.717) is 9.09 Å². The third-order valence-electron chi connectivity index (χ3n) is 1.34. The van der Waals surface area contributed by atoms with E-state index in [1.54, 1.807) is 0 Å². The molecular weight excluding hydrogens is 206 g/mol. The summed E-state index contributed by atoms with van der Waals surface area (Å²) in [6.07, 6.45) is 0. The molecule has 1 amide bonds. The number of aromatic amines is 1. The topological polar surface area (TPSA) is 57.8 Å². The van der Waals surface area contributed by atoms with Crippen LogP contribution in [0.3, 0.4) is 0 Å². The number of hydrogen-bond acceptors (Lipinski definition) is 4. The van der Waals surface area contributed by atoms with E-state index < -0.39 is 5.41 Å². The van der Waals surface area contributed by atoms with Crippen molar-refractivity contribution in [2.45, 2.75) is 20.8 Å². The smallest absolute Gasteiger partial charge is 0.231 e. The van der Waals surface area contributed by atoms with E-state index >= 15 is 0 Å². The Bertz CT molecular complexity index is 360. The Hall–Kier alpha value is -0.750. The predicted octanol–water partition coefficient (Wildman–Crippen LogP) is 2.19. The standard InChI is InChI=1S/C7H11N3OS2/c1-7(2,3)4(11)8-5-9-10-6(12)13-5/h1-3H3,(H,10,12)(H,8,9,11). The summed E-state index contributed by atoms with van der Waals surface area (Å²) in [6.45, 7) is 5.52. The molecule has 0 saturated carbocycles. The number of carbonyl (C=O) groups excluding carboxylic acids is 1. The van der Waals surface area contributed by atoms with Gasteiger partial charge in [0.05, 0.1) is 0 Å². The first-order valence-corrected chi connectivity index (χ1v) is 4.99. The molecule has 0 bridgehead atoms. The van der Waals surface area contributed by atoms with Gasteiger partial charge in [-0.3, -0.25) is 9.89 Å². The molecule has 72 valence electrons. The van der Waals surface area contributed by atoms with E-state index in [4.69, 9.17) is 12.2 Å². The van der Waals surface area contributed by atoms with E-state index in [-0.39, 0.29) is 5.91 Å². The van der Waals surface area contributed by atoms with Gasteiger partial charge in [0.2, 0.25) is 11.0 Å². The van der Waals surface area contributed by atoms with Crippen LogP contribution in [0.2, 0.25) is 0 Å². The van der Waals surface area contributed by atoms with Crippen molar-refractivity contribution in [2.75, 3.05) is 5.32 Å². The van der Waals surface area contributed by atoms with Crippen molar-refractivity contribution in [1.82, 2.24) is 10.2 Å². The Labute approximate surface area is 85.4 Å². The quantitative estimate of drug-likeness (QED) is 0.709. The van der Waals surface area contributed by atoms with E-state index in [1.165, 1.54) is 11.3 Å². The summed E-state index contributed by atoms with van der Waals surface area (Å²) in [7, 11) is 0. The predicted molar refractivity (Wildman–Crippen MR) is 55.4 cm³/mol. The fraction of sp³-hybridized carbons (Fsp3) is 0.571. The number of rotatable bonds is 1. The third kappa shape index (κ3) is 2.89. The summed E-state index contributed by atoms with van der Waals surface area (Å²) in [5.74, 6) is -0.0646. The molecule has 0 saturated heterocycles. The second kappa shape index (κ2) is 3.55. The van der Waals surface area contributed by atoms with Crippen LogP contribution in [0.25, 0.3) is 0 Å². The fourth-order valence-corrected chi connectivity index (χ4v) is 1.35. The van der Waals surface area contributed by atoms with Gasteiger partial charge in [0.25, 0.3) is 0 Å². The molecule has 1 heterocycles. The largest absolute Gasteiger partial charge is 0.300 e. The highest BCUT2D eigenvalue weighted by molar-refractivity contribution is 7.73. The van der Waals surface area contributed by atoms with Crippen LogP contribution in [-0.4, -0.2) is 16.1 Å². The van der Waals surface area contributed by atoms with Gasteiger partial charge in [-0.25, -0.2) is 0 Å². The van der Waals surface area contributed by atoms with Gasteiger partial charge < -0.3 is 5.32 Å². The highest BCUT2D eigenvalue weighted by atomic mass is 32.1. The van der Waals surface area contributed by atoms with E-state index in [0.717, 1.165) is 0 Å². The summed E-state index contributed by atoms with van der Waals surface area (Å²) in [5, 5.41) is 9.61. The molecule has 0 aliphatic heterocycles. The number of anilines is 1. The summed E-state index contributed by atoms with van der Waals surface area (Å²) < 4.78 is 0.559. The number of carbonyl (C=O) groups is 1. The first kappa shape index (κ1) is 10.3. The SMILES string of the molecule is CC(C)(C)C(=O)Nc1n[nH]c(=S)s1. The van der Waals surface area contributed by atoms with Crippen LogP contribution >= 0.6 is 23.6 Å². The molecular formula is C7H11N3OS2. The fourth-order valence-electron chi connectivity index (χ4n) is 0.568. The number of amides is 1. The van der Waals surface area contributed by atoms with Crippen LogP contribution in [-0.2, 0) is 4.79 Å². The normalized spacial score (nSPS) is 11.3. The van der Waals surface area contributed by atoms with Crippen molar-refractivity contribution in [2.24, 2.45) is 5.41 Å². The van der Waals surface area contributed by atoms with E-state index in [1.807, 2.05) is 20.8 Å². The molecule has 0 fully saturated rings. The molecule has 1 aromatic rings. The van der Waals surface area contributed by atoms with Gasteiger partial charge in [-0.1, -0.05) is 32.1 Å². The monoisotopic (exact) mass is 217 g/mol.